The average molecular weight is 288 g/mol. The van der Waals surface area contributed by atoms with Crippen LogP contribution < -0.4 is 5.73 Å². The maximum Gasteiger partial charge on any atom is 0.417 e. The van der Waals surface area contributed by atoms with Gasteiger partial charge in [-0.15, -0.1) is 0 Å². The van der Waals surface area contributed by atoms with Gasteiger partial charge in [0.1, 0.15) is 0 Å². The van der Waals surface area contributed by atoms with Crippen molar-refractivity contribution in [2.75, 3.05) is 6.61 Å². The summed E-state index contributed by atoms with van der Waals surface area (Å²) in [6, 6.07) is 2.07. The van der Waals surface area contributed by atoms with Gasteiger partial charge in [-0.05, 0) is 44.2 Å². The molecule has 1 fully saturated rings. The summed E-state index contributed by atoms with van der Waals surface area (Å²) in [5.74, 6) is 0. The lowest BCUT2D eigenvalue weighted by Gasteiger charge is -2.14. The van der Waals surface area contributed by atoms with E-state index in [1.54, 1.807) is 0 Å². The molecule has 6 heteroatoms. The van der Waals surface area contributed by atoms with Gasteiger partial charge in [-0.3, -0.25) is 4.98 Å². The van der Waals surface area contributed by atoms with Crippen LogP contribution in [0.5, 0.6) is 0 Å². The number of aromatic nitrogens is 1. The molecule has 3 nitrogen and oxygen atoms in total. The van der Waals surface area contributed by atoms with Crippen LogP contribution in [0.1, 0.15) is 49.4 Å². The highest BCUT2D eigenvalue weighted by Gasteiger charge is 2.30. The zero-order chi connectivity index (χ0) is 14.6. The topological polar surface area (TPSA) is 48.1 Å². The number of nitrogens with two attached hydrogens (primary N) is 1. The molecular weight excluding hydrogens is 269 g/mol. The Morgan fingerprint density at radius 3 is 2.75 bits per heavy atom. The second-order valence-corrected chi connectivity index (χ2v) is 5.14. The highest BCUT2D eigenvalue weighted by atomic mass is 19.4. The Kier molecular flexibility index (Phi) is 4.99. The van der Waals surface area contributed by atoms with Crippen LogP contribution in [-0.2, 0) is 10.9 Å². The summed E-state index contributed by atoms with van der Waals surface area (Å²) < 4.78 is 42.7. The normalized spacial score (nSPS) is 21.1. The fourth-order valence-corrected chi connectivity index (χ4v) is 2.38. The third kappa shape index (κ3) is 4.18. The van der Waals surface area contributed by atoms with Crippen LogP contribution in [0.15, 0.2) is 18.3 Å². The average Bonchev–Trinajstić information content (AvgIpc) is 2.91. The Bertz CT molecular complexity index is 413. The van der Waals surface area contributed by atoms with Gasteiger partial charge in [-0.2, -0.15) is 13.2 Å². The summed E-state index contributed by atoms with van der Waals surface area (Å²) in [5.41, 5.74) is 5.72. The van der Waals surface area contributed by atoms with Crippen molar-refractivity contribution >= 4 is 0 Å². The molecule has 0 radical (unpaired) electrons. The third-order valence-electron chi connectivity index (χ3n) is 3.56. The minimum absolute atomic E-state index is 0.321. The smallest absolute Gasteiger partial charge is 0.378 e. The van der Waals surface area contributed by atoms with Gasteiger partial charge in [0.2, 0.25) is 0 Å². The van der Waals surface area contributed by atoms with Crippen LogP contribution in [0, 0.1) is 0 Å². The van der Waals surface area contributed by atoms with Crippen LogP contribution in [0.4, 0.5) is 13.2 Å². The zero-order valence-corrected chi connectivity index (χ0v) is 11.2. The van der Waals surface area contributed by atoms with E-state index in [1.165, 1.54) is 6.07 Å². The molecule has 0 saturated carbocycles. The van der Waals surface area contributed by atoms with E-state index >= 15 is 0 Å². The van der Waals surface area contributed by atoms with E-state index in [1.807, 2.05) is 0 Å². The number of hydrogen-bond donors (Lipinski definition) is 1. The van der Waals surface area contributed by atoms with Gasteiger partial charge in [0, 0.05) is 18.8 Å². The molecule has 0 amide bonds. The van der Waals surface area contributed by atoms with Crippen molar-refractivity contribution in [1.82, 2.24) is 4.98 Å². The Morgan fingerprint density at radius 2 is 2.20 bits per heavy atom. The predicted octanol–water partition coefficient (Wildman–Crippen LogP) is 3.45. The van der Waals surface area contributed by atoms with Gasteiger partial charge in [-0.1, -0.05) is 0 Å². The molecule has 1 aliphatic heterocycles. The molecular formula is C14H19F3N2O. The molecule has 1 aliphatic rings. The summed E-state index contributed by atoms with van der Waals surface area (Å²) in [7, 11) is 0. The Balaban J connectivity index is 1.81. The Hall–Kier alpha value is -1.14. The summed E-state index contributed by atoms with van der Waals surface area (Å²) in [6.45, 7) is 0.831. The van der Waals surface area contributed by atoms with Crippen LogP contribution >= 0.6 is 0 Å². The van der Waals surface area contributed by atoms with E-state index in [9.17, 15) is 13.2 Å². The second kappa shape index (κ2) is 6.54. The van der Waals surface area contributed by atoms with Gasteiger partial charge in [0.05, 0.1) is 17.4 Å². The van der Waals surface area contributed by atoms with E-state index in [2.05, 4.69) is 4.98 Å². The molecule has 112 valence electrons. The van der Waals surface area contributed by atoms with E-state index in [0.29, 0.717) is 18.2 Å². The van der Waals surface area contributed by atoms with Crippen molar-refractivity contribution in [2.24, 2.45) is 5.73 Å². The number of nitrogens with zero attached hydrogens (tertiary/aromatic N) is 1. The number of pyridine rings is 1. The Labute approximate surface area is 116 Å². The molecule has 1 aromatic heterocycles. The van der Waals surface area contributed by atoms with Crippen molar-refractivity contribution in [2.45, 2.75) is 50.4 Å². The molecule has 0 aromatic carbocycles. The first-order chi connectivity index (χ1) is 9.47. The fourth-order valence-electron chi connectivity index (χ4n) is 2.38. The number of halogens is 3. The SMILES string of the molecule is NC(CCCC1CCCO1)c1ccc(C(F)(F)F)cn1. The summed E-state index contributed by atoms with van der Waals surface area (Å²) in [6.07, 6.45) is 1.57. The first-order valence-corrected chi connectivity index (χ1v) is 6.87. The minimum Gasteiger partial charge on any atom is -0.378 e. The van der Waals surface area contributed by atoms with Crippen LogP contribution in [0.2, 0.25) is 0 Å². The van der Waals surface area contributed by atoms with E-state index < -0.39 is 11.7 Å². The van der Waals surface area contributed by atoms with Gasteiger partial charge < -0.3 is 10.5 Å². The zero-order valence-electron chi connectivity index (χ0n) is 11.2. The largest absolute Gasteiger partial charge is 0.417 e. The first-order valence-electron chi connectivity index (χ1n) is 6.87. The molecule has 2 unspecified atom stereocenters. The number of rotatable bonds is 5. The maximum atomic E-state index is 12.4. The maximum absolute atomic E-state index is 12.4. The van der Waals surface area contributed by atoms with Crippen molar-refractivity contribution in [3.05, 3.63) is 29.6 Å². The number of alkyl halides is 3. The van der Waals surface area contributed by atoms with Crippen molar-refractivity contribution in [3.63, 3.8) is 0 Å². The second-order valence-electron chi connectivity index (χ2n) is 5.14. The summed E-state index contributed by atoms with van der Waals surface area (Å²) in [4.78, 5) is 3.82. The monoisotopic (exact) mass is 288 g/mol. The van der Waals surface area contributed by atoms with E-state index in [0.717, 1.165) is 44.6 Å². The first kappa shape index (κ1) is 15.3. The number of ether oxygens (including phenoxy) is 1. The molecule has 2 atom stereocenters. The molecule has 2 N–H and O–H groups in total. The van der Waals surface area contributed by atoms with Gasteiger partial charge in [-0.25, -0.2) is 0 Å². The van der Waals surface area contributed by atoms with E-state index in [4.69, 9.17) is 10.5 Å². The van der Waals surface area contributed by atoms with Crippen LogP contribution in [-0.4, -0.2) is 17.7 Å². The third-order valence-corrected chi connectivity index (χ3v) is 3.56. The van der Waals surface area contributed by atoms with Gasteiger partial charge >= 0.3 is 6.18 Å². The highest BCUT2D eigenvalue weighted by Crippen LogP contribution is 2.29. The number of hydrogen-bond acceptors (Lipinski definition) is 3. The highest BCUT2D eigenvalue weighted by molar-refractivity contribution is 5.18. The standard InChI is InChI=1S/C14H19F3N2O/c15-14(16,17)10-6-7-13(19-9-10)12(18)5-1-3-11-4-2-8-20-11/h6-7,9,11-12H,1-5,8,18H2. The Morgan fingerprint density at radius 1 is 1.40 bits per heavy atom. The van der Waals surface area contributed by atoms with E-state index in [-0.39, 0.29) is 6.04 Å². The molecule has 0 bridgehead atoms. The van der Waals surface area contributed by atoms with Crippen LogP contribution in [0.25, 0.3) is 0 Å². The minimum atomic E-state index is -4.35. The molecule has 0 aliphatic carbocycles. The summed E-state index contributed by atoms with van der Waals surface area (Å²) in [5, 5.41) is 0. The lowest BCUT2D eigenvalue weighted by atomic mass is 10.0. The summed E-state index contributed by atoms with van der Waals surface area (Å²) >= 11 is 0. The lowest BCUT2D eigenvalue weighted by molar-refractivity contribution is -0.137. The lowest BCUT2D eigenvalue weighted by Crippen LogP contribution is -2.14. The molecule has 1 aromatic rings. The van der Waals surface area contributed by atoms with Gasteiger partial charge in [0.25, 0.3) is 0 Å². The molecule has 20 heavy (non-hydrogen) atoms. The fraction of sp³-hybridized carbons (Fsp3) is 0.643. The molecule has 2 heterocycles. The molecule has 2 rings (SSSR count). The molecule has 1 saturated heterocycles. The van der Waals surface area contributed by atoms with Gasteiger partial charge in [0.15, 0.2) is 0 Å². The predicted molar refractivity (Wildman–Crippen MR) is 69.0 cm³/mol. The van der Waals surface area contributed by atoms with Crippen molar-refractivity contribution < 1.29 is 17.9 Å². The van der Waals surface area contributed by atoms with Crippen molar-refractivity contribution in [1.29, 1.82) is 0 Å². The molecule has 0 spiro atoms. The quantitative estimate of drug-likeness (QED) is 0.902. The van der Waals surface area contributed by atoms with Crippen molar-refractivity contribution in [3.8, 4) is 0 Å². The van der Waals surface area contributed by atoms with Crippen LogP contribution in [0.3, 0.4) is 0 Å².